The van der Waals surface area contributed by atoms with Gasteiger partial charge in [-0.15, -0.1) is 0 Å². The van der Waals surface area contributed by atoms with Gasteiger partial charge >= 0.3 is 5.97 Å². The van der Waals surface area contributed by atoms with Gasteiger partial charge in [0.25, 0.3) is 5.82 Å². The molecule has 0 bridgehead atoms. The van der Waals surface area contributed by atoms with E-state index in [2.05, 4.69) is 36.1 Å². The molecule has 0 atom stereocenters. The highest BCUT2D eigenvalue weighted by atomic mass is 16.4. The molecule has 4 nitrogen and oxygen atoms in total. The van der Waals surface area contributed by atoms with Crippen molar-refractivity contribution < 1.29 is 14.5 Å². The standard InChI is InChI=1S/C24H36N2O2/c1-4-6-7-8-9-10-11-12-13-23-25(18-20(3)26(23)5-2)19-21-14-16-22(17-15-21)24(27)28/h14-18H,4-13,19H2,1-3H3/p+1. The third-order valence-corrected chi connectivity index (χ3v) is 5.54. The Morgan fingerprint density at radius 2 is 1.57 bits per heavy atom. The Morgan fingerprint density at radius 3 is 2.14 bits per heavy atom. The normalized spacial score (nSPS) is 11.1. The quantitative estimate of drug-likeness (QED) is 0.364. The Balaban J connectivity index is 1.94. The van der Waals surface area contributed by atoms with E-state index in [1.807, 2.05) is 12.1 Å². The summed E-state index contributed by atoms with van der Waals surface area (Å²) in [6.45, 7) is 8.42. The molecule has 1 aromatic heterocycles. The van der Waals surface area contributed by atoms with Crippen LogP contribution in [0.15, 0.2) is 30.5 Å². The van der Waals surface area contributed by atoms with Gasteiger partial charge in [0, 0.05) is 13.3 Å². The van der Waals surface area contributed by atoms with Crippen LogP contribution in [0.5, 0.6) is 0 Å². The maximum absolute atomic E-state index is 11.0. The Bertz CT molecular complexity index is 732. The van der Waals surface area contributed by atoms with Crippen LogP contribution in [-0.4, -0.2) is 15.6 Å². The Kier molecular flexibility index (Phi) is 9.26. The lowest BCUT2D eigenvalue weighted by atomic mass is 10.1. The van der Waals surface area contributed by atoms with Gasteiger partial charge in [-0.25, -0.2) is 13.9 Å². The predicted octanol–water partition coefficient (Wildman–Crippen LogP) is 5.53. The highest BCUT2D eigenvalue weighted by Crippen LogP contribution is 2.13. The van der Waals surface area contributed by atoms with Crippen molar-refractivity contribution >= 4 is 5.97 Å². The summed E-state index contributed by atoms with van der Waals surface area (Å²) in [4.78, 5) is 11.0. The molecule has 0 unspecified atom stereocenters. The van der Waals surface area contributed by atoms with Crippen LogP contribution < -0.4 is 4.57 Å². The molecule has 1 aromatic carbocycles. The Hall–Kier alpha value is -2.10. The fourth-order valence-corrected chi connectivity index (χ4v) is 3.94. The maximum Gasteiger partial charge on any atom is 0.335 e. The van der Waals surface area contributed by atoms with Crippen LogP contribution in [0, 0.1) is 6.92 Å². The average Bonchev–Trinajstić information content (AvgIpc) is 2.98. The molecule has 154 valence electrons. The molecule has 0 spiro atoms. The minimum Gasteiger partial charge on any atom is -0.478 e. The highest BCUT2D eigenvalue weighted by molar-refractivity contribution is 5.87. The first kappa shape index (κ1) is 22.2. The van der Waals surface area contributed by atoms with Gasteiger partial charge in [0.05, 0.1) is 12.1 Å². The number of carboxylic acids is 1. The molecule has 28 heavy (non-hydrogen) atoms. The third kappa shape index (κ3) is 6.50. The lowest BCUT2D eigenvalue weighted by Crippen LogP contribution is -2.37. The maximum atomic E-state index is 11.0. The van der Waals surface area contributed by atoms with Gasteiger partial charge in [0.1, 0.15) is 18.4 Å². The lowest BCUT2D eigenvalue weighted by molar-refractivity contribution is -0.695. The van der Waals surface area contributed by atoms with Crippen molar-refractivity contribution in [2.75, 3.05) is 0 Å². The van der Waals surface area contributed by atoms with Crippen molar-refractivity contribution in [2.24, 2.45) is 0 Å². The summed E-state index contributed by atoms with van der Waals surface area (Å²) in [7, 11) is 0. The molecule has 2 aromatic rings. The van der Waals surface area contributed by atoms with Gasteiger partial charge in [-0.2, -0.15) is 0 Å². The number of aryl methyl sites for hydroxylation is 1. The molecule has 1 N–H and O–H groups in total. The van der Waals surface area contributed by atoms with E-state index in [0.717, 1.165) is 25.1 Å². The summed E-state index contributed by atoms with van der Waals surface area (Å²) >= 11 is 0. The number of unbranched alkanes of at least 4 members (excludes halogenated alkanes) is 7. The summed E-state index contributed by atoms with van der Waals surface area (Å²) in [6, 6.07) is 7.24. The lowest BCUT2D eigenvalue weighted by Gasteiger charge is -2.06. The van der Waals surface area contributed by atoms with Gasteiger partial charge in [0.15, 0.2) is 0 Å². The van der Waals surface area contributed by atoms with Crippen LogP contribution in [0.2, 0.25) is 0 Å². The zero-order valence-corrected chi connectivity index (χ0v) is 17.9. The summed E-state index contributed by atoms with van der Waals surface area (Å²) < 4.78 is 4.75. The number of nitrogens with zero attached hydrogens (tertiary/aromatic N) is 2. The number of benzene rings is 1. The molecule has 2 rings (SSSR count). The van der Waals surface area contributed by atoms with Crippen molar-refractivity contribution in [1.29, 1.82) is 0 Å². The molecule has 0 radical (unpaired) electrons. The molecule has 1 heterocycles. The second-order valence-corrected chi connectivity index (χ2v) is 7.79. The van der Waals surface area contributed by atoms with Crippen LogP contribution >= 0.6 is 0 Å². The first-order valence-electron chi connectivity index (χ1n) is 11.0. The Labute approximate surface area is 170 Å². The molecule has 4 heteroatoms. The third-order valence-electron chi connectivity index (χ3n) is 5.54. The van der Waals surface area contributed by atoms with E-state index in [-0.39, 0.29) is 0 Å². The van der Waals surface area contributed by atoms with Gasteiger partial charge in [0.2, 0.25) is 0 Å². The first-order chi connectivity index (χ1) is 13.6. The largest absolute Gasteiger partial charge is 0.478 e. The number of rotatable bonds is 13. The number of aromatic nitrogens is 2. The predicted molar refractivity (Wildman–Crippen MR) is 114 cm³/mol. The van der Waals surface area contributed by atoms with Crippen LogP contribution in [0.3, 0.4) is 0 Å². The molecule has 0 aliphatic rings. The van der Waals surface area contributed by atoms with E-state index >= 15 is 0 Å². The van der Waals surface area contributed by atoms with Gasteiger partial charge in [-0.1, -0.05) is 64.0 Å². The minimum absolute atomic E-state index is 0.343. The van der Waals surface area contributed by atoms with Crippen molar-refractivity contribution in [1.82, 2.24) is 4.57 Å². The fraction of sp³-hybridized carbons (Fsp3) is 0.583. The monoisotopic (exact) mass is 385 g/mol. The van der Waals surface area contributed by atoms with Gasteiger partial charge in [-0.05, 0) is 31.0 Å². The van der Waals surface area contributed by atoms with E-state index in [9.17, 15) is 4.79 Å². The summed E-state index contributed by atoms with van der Waals surface area (Å²) in [5, 5.41) is 9.07. The van der Waals surface area contributed by atoms with Gasteiger partial charge in [-0.3, -0.25) is 0 Å². The summed E-state index contributed by atoms with van der Waals surface area (Å²) in [6.07, 6.45) is 14.0. The van der Waals surface area contributed by atoms with E-state index in [1.54, 1.807) is 12.1 Å². The van der Waals surface area contributed by atoms with Crippen molar-refractivity contribution in [3.05, 3.63) is 53.1 Å². The number of imidazole rings is 1. The van der Waals surface area contributed by atoms with Crippen LogP contribution in [0.4, 0.5) is 0 Å². The van der Waals surface area contributed by atoms with E-state index in [0.29, 0.717) is 5.56 Å². The number of hydrogen-bond acceptors (Lipinski definition) is 1. The molecule has 0 saturated heterocycles. The van der Waals surface area contributed by atoms with E-state index < -0.39 is 5.97 Å². The second kappa shape index (κ2) is 11.7. The highest BCUT2D eigenvalue weighted by Gasteiger charge is 2.19. The van der Waals surface area contributed by atoms with Crippen LogP contribution in [-0.2, 0) is 19.5 Å². The second-order valence-electron chi connectivity index (χ2n) is 7.79. The first-order valence-corrected chi connectivity index (χ1v) is 11.0. The van der Waals surface area contributed by atoms with Gasteiger partial charge < -0.3 is 5.11 Å². The SMILES string of the molecule is CCCCCCCCCCc1n(CC)c(C)c[n+]1Cc1ccc(C(=O)O)cc1. The molecule has 0 amide bonds. The fourth-order valence-electron chi connectivity index (χ4n) is 3.94. The average molecular weight is 386 g/mol. The molecular weight excluding hydrogens is 348 g/mol. The molecule has 0 saturated carbocycles. The molecular formula is C24H37N2O2+. The molecule has 0 aliphatic heterocycles. The number of carbonyl (C=O) groups is 1. The zero-order valence-electron chi connectivity index (χ0n) is 17.9. The van der Waals surface area contributed by atoms with Crippen molar-refractivity contribution in [2.45, 2.75) is 91.6 Å². The minimum atomic E-state index is -0.873. The summed E-state index contributed by atoms with van der Waals surface area (Å²) in [5.41, 5.74) is 2.77. The van der Waals surface area contributed by atoms with Crippen molar-refractivity contribution in [3.8, 4) is 0 Å². The van der Waals surface area contributed by atoms with Crippen LogP contribution in [0.1, 0.15) is 92.7 Å². The molecule has 0 aliphatic carbocycles. The number of hydrogen-bond donors (Lipinski definition) is 1. The Morgan fingerprint density at radius 1 is 0.964 bits per heavy atom. The topological polar surface area (TPSA) is 46.1 Å². The smallest absolute Gasteiger partial charge is 0.335 e. The zero-order chi connectivity index (χ0) is 20.4. The van der Waals surface area contributed by atoms with E-state index in [1.165, 1.54) is 62.9 Å². The van der Waals surface area contributed by atoms with E-state index in [4.69, 9.17) is 5.11 Å². The van der Waals surface area contributed by atoms with Crippen LogP contribution in [0.25, 0.3) is 0 Å². The summed E-state index contributed by atoms with van der Waals surface area (Å²) in [5.74, 6) is 0.510. The number of aromatic carboxylic acids is 1. The number of carboxylic acid groups (broad SMARTS) is 1. The molecule has 0 fully saturated rings. The van der Waals surface area contributed by atoms with Crippen molar-refractivity contribution in [3.63, 3.8) is 0 Å².